The van der Waals surface area contributed by atoms with E-state index in [0.29, 0.717) is 0 Å². The van der Waals surface area contributed by atoms with E-state index in [2.05, 4.69) is 74.3 Å². The van der Waals surface area contributed by atoms with Crippen LogP contribution in [0.5, 0.6) is 0 Å². The first-order chi connectivity index (χ1) is 7.27. The maximum absolute atomic E-state index is 3.71. The van der Waals surface area contributed by atoms with Crippen LogP contribution in [0.25, 0.3) is 0 Å². The fourth-order valence-corrected chi connectivity index (χ4v) is 2.49. The van der Waals surface area contributed by atoms with E-state index in [1.807, 2.05) is 12.1 Å². The van der Waals surface area contributed by atoms with E-state index in [-0.39, 0.29) is 4.83 Å². The van der Waals surface area contributed by atoms with Crippen molar-refractivity contribution in [2.75, 3.05) is 0 Å². The molecular weight excluding hydrogens is 316 g/mol. The molecule has 0 bridgehead atoms. The normalized spacial score (nSPS) is 12.4. The summed E-state index contributed by atoms with van der Waals surface area (Å²) in [4.78, 5) is 0.260. The van der Waals surface area contributed by atoms with Crippen molar-refractivity contribution in [2.45, 2.75) is 4.83 Å². The van der Waals surface area contributed by atoms with Crippen molar-refractivity contribution < 1.29 is 0 Å². The maximum atomic E-state index is 3.71. The molecule has 0 radical (unpaired) electrons. The molecule has 15 heavy (non-hydrogen) atoms. The molecule has 0 saturated carbocycles. The molecule has 2 aromatic carbocycles. The Balaban J connectivity index is 2.32. The Labute approximate surface area is 107 Å². The number of rotatable bonds is 2. The highest BCUT2D eigenvalue weighted by Gasteiger charge is 2.09. The van der Waals surface area contributed by atoms with E-state index in [1.54, 1.807) is 0 Å². The second-order valence-corrected chi connectivity index (χ2v) is 5.16. The molecule has 0 N–H and O–H groups in total. The van der Waals surface area contributed by atoms with Gasteiger partial charge in [-0.25, -0.2) is 0 Å². The second-order valence-electron chi connectivity index (χ2n) is 3.33. The average molecular weight is 326 g/mol. The first kappa shape index (κ1) is 10.9. The molecule has 0 aliphatic heterocycles. The highest BCUT2D eigenvalue weighted by molar-refractivity contribution is 9.10. The van der Waals surface area contributed by atoms with E-state index in [1.165, 1.54) is 11.1 Å². The minimum Gasteiger partial charge on any atom is -0.0786 e. The summed E-state index contributed by atoms with van der Waals surface area (Å²) in [5.74, 6) is 0. The molecule has 1 atom stereocenters. The summed E-state index contributed by atoms with van der Waals surface area (Å²) < 4.78 is 1.11. The lowest BCUT2D eigenvalue weighted by Crippen LogP contribution is -1.91. The molecule has 0 aliphatic rings. The highest BCUT2D eigenvalue weighted by Crippen LogP contribution is 2.31. The zero-order valence-corrected chi connectivity index (χ0v) is 11.2. The Hall–Kier alpha value is -0.600. The van der Waals surface area contributed by atoms with Gasteiger partial charge in [-0.3, -0.25) is 0 Å². The summed E-state index contributed by atoms with van der Waals surface area (Å²) in [5.41, 5.74) is 2.53. The lowest BCUT2D eigenvalue weighted by atomic mass is 10.1. The molecule has 0 aromatic heterocycles. The van der Waals surface area contributed by atoms with Gasteiger partial charge in [-0.15, -0.1) is 0 Å². The fraction of sp³-hybridized carbons (Fsp3) is 0.0769. The van der Waals surface area contributed by atoms with Crippen LogP contribution in [0.4, 0.5) is 0 Å². The summed E-state index contributed by atoms with van der Waals surface area (Å²) in [6.07, 6.45) is 0. The minimum atomic E-state index is 0.260. The predicted molar refractivity (Wildman–Crippen MR) is 71.4 cm³/mol. The van der Waals surface area contributed by atoms with E-state index in [9.17, 15) is 0 Å². The molecule has 2 aromatic rings. The van der Waals surface area contributed by atoms with Gasteiger partial charge in [0.05, 0.1) is 4.83 Å². The van der Waals surface area contributed by atoms with Gasteiger partial charge in [0.2, 0.25) is 0 Å². The van der Waals surface area contributed by atoms with Crippen LogP contribution in [-0.4, -0.2) is 0 Å². The molecule has 0 amide bonds. The number of halogens is 2. The molecule has 0 saturated heterocycles. The maximum Gasteiger partial charge on any atom is 0.0645 e. The smallest absolute Gasteiger partial charge is 0.0645 e. The van der Waals surface area contributed by atoms with E-state index < -0.39 is 0 Å². The molecule has 0 spiro atoms. The van der Waals surface area contributed by atoms with Gasteiger partial charge < -0.3 is 0 Å². The zero-order valence-electron chi connectivity index (χ0n) is 8.03. The molecule has 76 valence electrons. The quantitative estimate of drug-likeness (QED) is 0.686. The number of hydrogen-bond donors (Lipinski definition) is 0. The topological polar surface area (TPSA) is 0 Å². The molecule has 0 nitrogen and oxygen atoms in total. The van der Waals surface area contributed by atoms with Crippen LogP contribution in [0.2, 0.25) is 0 Å². The lowest BCUT2D eigenvalue weighted by molar-refractivity contribution is 1.17. The van der Waals surface area contributed by atoms with Crippen molar-refractivity contribution in [3.63, 3.8) is 0 Å². The van der Waals surface area contributed by atoms with Crippen molar-refractivity contribution in [2.24, 2.45) is 0 Å². The first-order valence-corrected chi connectivity index (χ1v) is 6.43. The molecule has 2 rings (SSSR count). The van der Waals surface area contributed by atoms with Gasteiger partial charge in [0.25, 0.3) is 0 Å². The molecule has 0 fully saturated rings. The fourth-order valence-electron chi connectivity index (χ4n) is 1.48. The third kappa shape index (κ3) is 2.70. The second kappa shape index (κ2) is 4.95. The average Bonchev–Trinajstić information content (AvgIpc) is 2.29. The van der Waals surface area contributed by atoms with Gasteiger partial charge in [-0.2, -0.15) is 0 Å². The molecular formula is C13H10Br2. The van der Waals surface area contributed by atoms with Crippen molar-refractivity contribution in [3.8, 4) is 0 Å². The van der Waals surface area contributed by atoms with Crippen LogP contribution in [0.3, 0.4) is 0 Å². The predicted octanol–water partition coefficient (Wildman–Crippen LogP) is 4.93. The largest absolute Gasteiger partial charge is 0.0786 e. The summed E-state index contributed by atoms with van der Waals surface area (Å²) in [5, 5.41) is 0. The van der Waals surface area contributed by atoms with Gasteiger partial charge in [-0.05, 0) is 23.3 Å². The van der Waals surface area contributed by atoms with Crippen LogP contribution in [0, 0.1) is 0 Å². The van der Waals surface area contributed by atoms with Crippen molar-refractivity contribution in [1.29, 1.82) is 0 Å². The number of alkyl halides is 1. The van der Waals surface area contributed by atoms with Crippen LogP contribution in [0.15, 0.2) is 59.1 Å². The van der Waals surface area contributed by atoms with Crippen LogP contribution < -0.4 is 0 Å². The van der Waals surface area contributed by atoms with Gasteiger partial charge in [-0.1, -0.05) is 74.3 Å². The monoisotopic (exact) mass is 324 g/mol. The van der Waals surface area contributed by atoms with Crippen LogP contribution in [-0.2, 0) is 0 Å². The van der Waals surface area contributed by atoms with E-state index in [4.69, 9.17) is 0 Å². The summed E-state index contributed by atoms with van der Waals surface area (Å²) >= 11 is 7.19. The summed E-state index contributed by atoms with van der Waals surface area (Å²) in [6.45, 7) is 0. The van der Waals surface area contributed by atoms with Crippen molar-refractivity contribution >= 4 is 31.9 Å². The minimum absolute atomic E-state index is 0.260. The number of hydrogen-bond acceptors (Lipinski definition) is 0. The van der Waals surface area contributed by atoms with Gasteiger partial charge >= 0.3 is 0 Å². The van der Waals surface area contributed by atoms with Gasteiger partial charge in [0, 0.05) is 4.47 Å². The Morgan fingerprint density at radius 1 is 0.800 bits per heavy atom. The highest BCUT2D eigenvalue weighted by atomic mass is 79.9. The Morgan fingerprint density at radius 3 is 2.13 bits per heavy atom. The third-order valence-electron chi connectivity index (χ3n) is 2.23. The zero-order chi connectivity index (χ0) is 10.7. The molecule has 2 heteroatoms. The third-order valence-corrected chi connectivity index (χ3v) is 3.78. The Kier molecular flexibility index (Phi) is 3.60. The van der Waals surface area contributed by atoms with Gasteiger partial charge in [0.15, 0.2) is 0 Å². The molecule has 1 unspecified atom stereocenters. The summed E-state index contributed by atoms with van der Waals surface area (Å²) in [6, 6.07) is 18.7. The van der Waals surface area contributed by atoms with E-state index in [0.717, 1.165) is 4.47 Å². The van der Waals surface area contributed by atoms with E-state index >= 15 is 0 Å². The van der Waals surface area contributed by atoms with Crippen LogP contribution >= 0.6 is 31.9 Å². The molecule has 0 heterocycles. The Morgan fingerprint density at radius 2 is 1.47 bits per heavy atom. The van der Waals surface area contributed by atoms with Crippen LogP contribution in [0.1, 0.15) is 16.0 Å². The first-order valence-electron chi connectivity index (χ1n) is 4.72. The lowest BCUT2D eigenvalue weighted by Gasteiger charge is -2.10. The SMILES string of the molecule is Brc1cccc(C(Br)c2ccccc2)c1. The molecule has 0 aliphatic carbocycles. The van der Waals surface area contributed by atoms with Crippen molar-refractivity contribution in [3.05, 3.63) is 70.2 Å². The standard InChI is InChI=1S/C13H10Br2/c14-12-8-4-7-11(9-12)13(15)10-5-2-1-3-6-10/h1-9,13H. The van der Waals surface area contributed by atoms with Crippen molar-refractivity contribution in [1.82, 2.24) is 0 Å². The Bertz CT molecular complexity index is 437. The van der Waals surface area contributed by atoms with Gasteiger partial charge in [0.1, 0.15) is 0 Å². The summed E-state index contributed by atoms with van der Waals surface area (Å²) in [7, 11) is 0. The number of benzene rings is 2.